The highest BCUT2D eigenvalue weighted by atomic mass is 14.9. The topological polar surface area (TPSA) is 4.93 Å². The van der Waals surface area contributed by atoms with Gasteiger partial charge in [-0.25, -0.2) is 0 Å². The van der Waals surface area contributed by atoms with Crippen LogP contribution < -0.4 is 0 Å². The quantitative estimate of drug-likeness (QED) is 0.619. The van der Waals surface area contributed by atoms with Gasteiger partial charge in [0, 0.05) is 18.9 Å². The number of rotatable bonds is 1. The van der Waals surface area contributed by atoms with Crippen LogP contribution >= 0.6 is 0 Å². The van der Waals surface area contributed by atoms with Crippen molar-refractivity contribution < 1.29 is 0 Å². The number of hydrogen-bond acceptors (Lipinski definition) is 0. The van der Waals surface area contributed by atoms with Crippen LogP contribution in [0, 0.1) is 6.92 Å². The lowest BCUT2D eigenvalue weighted by atomic mass is 9.85. The first-order chi connectivity index (χ1) is 6.27. The van der Waals surface area contributed by atoms with E-state index in [0.29, 0.717) is 0 Å². The first-order valence-corrected chi connectivity index (χ1v) is 5.40. The van der Waals surface area contributed by atoms with Gasteiger partial charge in [0.2, 0.25) is 0 Å². The summed E-state index contributed by atoms with van der Waals surface area (Å²) < 4.78 is 2.24. The summed E-state index contributed by atoms with van der Waals surface area (Å²) in [5, 5.41) is 0. The lowest BCUT2D eigenvalue weighted by Crippen LogP contribution is -2.03. The molecule has 1 nitrogen and oxygen atoms in total. The molecule has 0 atom stereocenters. The van der Waals surface area contributed by atoms with Gasteiger partial charge in [-0.05, 0) is 37.3 Å². The minimum atomic E-state index is 0.855. The number of nitrogens with zero attached hydrogens (tertiary/aromatic N) is 1. The molecule has 1 heterocycles. The number of hydrogen-bond donors (Lipinski definition) is 0. The minimum Gasteiger partial charge on any atom is -0.354 e. The summed E-state index contributed by atoms with van der Waals surface area (Å²) in [6.07, 6.45) is 9.43. The Labute approximate surface area is 80.8 Å². The van der Waals surface area contributed by atoms with Crippen LogP contribution in [0.2, 0.25) is 0 Å². The van der Waals surface area contributed by atoms with Crippen molar-refractivity contribution in [2.75, 3.05) is 0 Å². The Balaban J connectivity index is 2.14. The van der Waals surface area contributed by atoms with E-state index in [-0.39, 0.29) is 0 Å². The molecular formula is C12H19N. The van der Waals surface area contributed by atoms with Gasteiger partial charge < -0.3 is 4.57 Å². The highest BCUT2D eigenvalue weighted by Gasteiger charge is 2.16. The molecule has 1 saturated carbocycles. The second-order valence-corrected chi connectivity index (χ2v) is 4.36. The van der Waals surface area contributed by atoms with E-state index < -0.39 is 0 Å². The van der Waals surface area contributed by atoms with Gasteiger partial charge >= 0.3 is 0 Å². The van der Waals surface area contributed by atoms with E-state index >= 15 is 0 Å². The highest BCUT2D eigenvalue weighted by molar-refractivity contribution is 5.21. The smallest absolute Gasteiger partial charge is 0.0143 e. The Morgan fingerprint density at radius 1 is 1.23 bits per heavy atom. The second kappa shape index (κ2) is 3.57. The van der Waals surface area contributed by atoms with Crippen molar-refractivity contribution in [1.82, 2.24) is 4.57 Å². The van der Waals surface area contributed by atoms with Gasteiger partial charge in [-0.15, -0.1) is 0 Å². The van der Waals surface area contributed by atoms with Crippen LogP contribution in [0.25, 0.3) is 0 Å². The molecule has 0 spiro atoms. The molecule has 1 aliphatic rings. The Hall–Kier alpha value is -0.720. The molecule has 0 aliphatic heterocycles. The van der Waals surface area contributed by atoms with Crippen molar-refractivity contribution in [3.63, 3.8) is 0 Å². The fourth-order valence-corrected chi connectivity index (χ4v) is 2.36. The number of aryl methyl sites for hydroxylation is 2. The molecule has 1 aliphatic carbocycles. The molecule has 1 heteroatoms. The minimum absolute atomic E-state index is 0.855. The third-order valence-electron chi connectivity index (χ3n) is 3.35. The van der Waals surface area contributed by atoms with Crippen molar-refractivity contribution >= 4 is 0 Å². The van der Waals surface area contributed by atoms with E-state index in [1.165, 1.54) is 37.8 Å². The maximum absolute atomic E-state index is 2.36. The third-order valence-corrected chi connectivity index (χ3v) is 3.35. The Kier molecular flexibility index (Phi) is 2.43. The summed E-state index contributed by atoms with van der Waals surface area (Å²) in [5.41, 5.74) is 2.96. The normalized spacial score (nSPS) is 19.2. The summed E-state index contributed by atoms with van der Waals surface area (Å²) in [7, 11) is 2.14. The molecule has 2 rings (SSSR count). The molecular weight excluding hydrogens is 158 g/mol. The van der Waals surface area contributed by atoms with Crippen LogP contribution in [0.5, 0.6) is 0 Å². The van der Waals surface area contributed by atoms with Crippen molar-refractivity contribution in [2.45, 2.75) is 44.9 Å². The zero-order valence-electron chi connectivity index (χ0n) is 8.71. The van der Waals surface area contributed by atoms with Crippen LogP contribution in [0.1, 0.15) is 49.3 Å². The second-order valence-electron chi connectivity index (χ2n) is 4.36. The van der Waals surface area contributed by atoms with Crippen molar-refractivity contribution in [3.05, 3.63) is 23.5 Å². The molecule has 0 aromatic carbocycles. The Morgan fingerprint density at radius 3 is 2.46 bits per heavy atom. The largest absolute Gasteiger partial charge is 0.354 e. The summed E-state index contributed by atoms with van der Waals surface area (Å²) in [4.78, 5) is 0. The van der Waals surface area contributed by atoms with Gasteiger partial charge in [0.15, 0.2) is 0 Å². The van der Waals surface area contributed by atoms with E-state index in [4.69, 9.17) is 0 Å². The third kappa shape index (κ3) is 1.79. The van der Waals surface area contributed by atoms with E-state index in [1.54, 1.807) is 5.56 Å². The zero-order valence-corrected chi connectivity index (χ0v) is 8.71. The molecule has 72 valence electrons. The molecule has 13 heavy (non-hydrogen) atoms. The zero-order chi connectivity index (χ0) is 9.26. The molecule has 0 radical (unpaired) electrons. The molecule has 1 aromatic heterocycles. The maximum Gasteiger partial charge on any atom is 0.0143 e. The van der Waals surface area contributed by atoms with Gasteiger partial charge in [0.25, 0.3) is 0 Å². The van der Waals surface area contributed by atoms with E-state index in [0.717, 1.165) is 5.92 Å². The van der Waals surface area contributed by atoms with E-state index in [1.807, 2.05) is 0 Å². The van der Waals surface area contributed by atoms with Crippen LogP contribution in [0.4, 0.5) is 0 Å². The monoisotopic (exact) mass is 177 g/mol. The summed E-state index contributed by atoms with van der Waals surface area (Å²) in [5.74, 6) is 0.855. The lowest BCUT2D eigenvalue weighted by molar-refractivity contribution is 0.443. The van der Waals surface area contributed by atoms with Gasteiger partial charge in [0.1, 0.15) is 0 Å². The lowest BCUT2D eigenvalue weighted by Gasteiger charge is -2.20. The fraction of sp³-hybridized carbons (Fsp3) is 0.667. The molecule has 0 saturated heterocycles. The molecule has 1 aromatic rings. The van der Waals surface area contributed by atoms with Crippen LogP contribution in [-0.4, -0.2) is 4.57 Å². The van der Waals surface area contributed by atoms with Gasteiger partial charge in [-0.2, -0.15) is 0 Å². The summed E-state index contributed by atoms with van der Waals surface area (Å²) in [6, 6.07) is 2.36. The van der Waals surface area contributed by atoms with E-state index in [9.17, 15) is 0 Å². The molecule has 0 unspecified atom stereocenters. The SMILES string of the molecule is Cc1cc(C2CCCCC2)cn1C. The first-order valence-electron chi connectivity index (χ1n) is 5.40. The van der Waals surface area contributed by atoms with E-state index in [2.05, 4.69) is 30.8 Å². The fourth-order valence-electron chi connectivity index (χ4n) is 2.36. The van der Waals surface area contributed by atoms with Gasteiger partial charge in [-0.3, -0.25) is 0 Å². The maximum atomic E-state index is 2.36. The average Bonchev–Trinajstić information content (AvgIpc) is 2.49. The number of aromatic nitrogens is 1. The Morgan fingerprint density at radius 2 is 1.92 bits per heavy atom. The van der Waals surface area contributed by atoms with Crippen molar-refractivity contribution in [1.29, 1.82) is 0 Å². The highest BCUT2D eigenvalue weighted by Crippen LogP contribution is 2.33. The predicted octanol–water partition coefficient (Wildman–Crippen LogP) is 3.38. The molecule has 0 bridgehead atoms. The standard InChI is InChI=1S/C12H19N/c1-10-8-12(9-13(10)2)11-6-4-3-5-7-11/h8-9,11H,3-7H2,1-2H3. The molecule has 0 N–H and O–H groups in total. The molecule has 1 fully saturated rings. The first kappa shape index (κ1) is 8.86. The Bertz CT molecular complexity index is 260. The molecule has 0 amide bonds. The van der Waals surface area contributed by atoms with Crippen molar-refractivity contribution in [3.8, 4) is 0 Å². The predicted molar refractivity (Wildman–Crippen MR) is 56.0 cm³/mol. The van der Waals surface area contributed by atoms with Gasteiger partial charge in [-0.1, -0.05) is 19.3 Å². The van der Waals surface area contributed by atoms with Crippen LogP contribution in [0.15, 0.2) is 12.3 Å². The van der Waals surface area contributed by atoms with Crippen LogP contribution in [0.3, 0.4) is 0 Å². The van der Waals surface area contributed by atoms with Gasteiger partial charge in [0.05, 0.1) is 0 Å². The summed E-state index contributed by atoms with van der Waals surface area (Å²) in [6.45, 7) is 2.19. The van der Waals surface area contributed by atoms with Crippen LogP contribution in [-0.2, 0) is 7.05 Å². The van der Waals surface area contributed by atoms with Crippen molar-refractivity contribution in [2.24, 2.45) is 7.05 Å². The summed E-state index contributed by atoms with van der Waals surface area (Å²) >= 11 is 0. The average molecular weight is 177 g/mol.